The summed E-state index contributed by atoms with van der Waals surface area (Å²) in [5, 5.41) is 2.68. The molecule has 2 N–H and O–H groups in total. The summed E-state index contributed by atoms with van der Waals surface area (Å²) in [7, 11) is 0. The van der Waals surface area contributed by atoms with Gasteiger partial charge < -0.3 is 10.5 Å². The van der Waals surface area contributed by atoms with Crippen molar-refractivity contribution in [2.24, 2.45) is 5.73 Å². The van der Waals surface area contributed by atoms with Crippen LogP contribution in [0, 0.1) is 0 Å². The van der Waals surface area contributed by atoms with E-state index in [1.54, 1.807) is 6.20 Å². The maximum Gasteiger partial charge on any atom is 0.120 e. The average Bonchev–Trinajstić information content (AvgIpc) is 2.42. The van der Waals surface area contributed by atoms with Crippen molar-refractivity contribution in [1.29, 1.82) is 0 Å². The largest absolute Gasteiger partial charge is 0.490 e. The Balaban J connectivity index is 1.80. The first-order valence-electron chi connectivity index (χ1n) is 6.68. The van der Waals surface area contributed by atoms with Gasteiger partial charge in [0.25, 0.3) is 0 Å². The molecular weight excluding hydrogens is 260 g/mol. The van der Waals surface area contributed by atoms with Gasteiger partial charge in [-0.2, -0.15) is 0 Å². The van der Waals surface area contributed by atoms with E-state index in [1.165, 1.54) is 0 Å². The lowest BCUT2D eigenvalue weighted by Crippen LogP contribution is -2.31. The van der Waals surface area contributed by atoms with E-state index in [0.717, 1.165) is 42.2 Å². The minimum Gasteiger partial charge on any atom is -0.490 e. The Morgan fingerprint density at radius 2 is 1.95 bits per heavy atom. The van der Waals surface area contributed by atoms with E-state index in [1.807, 2.05) is 24.4 Å². The third kappa shape index (κ3) is 2.82. The van der Waals surface area contributed by atoms with Gasteiger partial charge in [0.05, 0.1) is 11.1 Å². The smallest absolute Gasteiger partial charge is 0.120 e. The monoisotopic (exact) mass is 276 g/mol. The Kier molecular flexibility index (Phi) is 3.58. The first-order valence-corrected chi connectivity index (χ1v) is 7.05. The molecule has 4 heteroatoms. The van der Waals surface area contributed by atoms with E-state index in [2.05, 4.69) is 4.98 Å². The summed E-state index contributed by atoms with van der Waals surface area (Å²) in [4.78, 5) is 4.08. The summed E-state index contributed by atoms with van der Waals surface area (Å²) in [6.07, 6.45) is 7.90. The summed E-state index contributed by atoms with van der Waals surface area (Å²) in [5.74, 6) is 0.876. The van der Waals surface area contributed by atoms with Crippen LogP contribution in [0.2, 0.25) is 5.02 Å². The predicted molar refractivity (Wildman–Crippen MR) is 77.6 cm³/mol. The quantitative estimate of drug-likeness (QED) is 0.913. The number of rotatable bonds is 2. The molecule has 1 aromatic carbocycles. The average molecular weight is 277 g/mol. The van der Waals surface area contributed by atoms with Crippen LogP contribution in [0.1, 0.15) is 25.7 Å². The zero-order valence-electron chi connectivity index (χ0n) is 10.7. The molecule has 0 aliphatic heterocycles. The Hall–Kier alpha value is -1.32. The molecule has 0 bridgehead atoms. The molecule has 3 nitrogen and oxygen atoms in total. The highest BCUT2D eigenvalue weighted by Crippen LogP contribution is 2.28. The van der Waals surface area contributed by atoms with Gasteiger partial charge in [0.15, 0.2) is 0 Å². The standard InChI is InChI=1S/C15H17ClN2O/c16-15-9-18-8-10-1-4-13(7-14(10)15)19-12-5-2-11(17)3-6-12/h1,4,7-9,11-12H,2-3,5-6,17H2/t11-,12+. The molecule has 0 saturated heterocycles. The topological polar surface area (TPSA) is 48.1 Å². The number of aromatic nitrogens is 1. The van der Waals surface area contributed by atoms with E-state index < -0.39 is 0 Å². The van der Waals surface area contributed by atoms with E-state index in [4.69, 9.17) is 22.1 Å². The van der Waals surface area contributed by atoms with Gasteiger partial charge in [-0.3, -0.25) is 4.98 Å². The third-order valence-corrected chi connectivity index (χ3v) is 4.01. The van der Waals surface area contributed by atoms with Gasteiger partial charge in [-0.25, -0.2) is 0 Å². The summed E-state index contributed by atoms with van der Waals surface area (Å²) in [6, 6.07) is 6.32. The molecule has 100 valence electrons. The van der Waals surface area contributed by atoms with Crippen LogP contribution in [0.5, 0.6) is 5.75 Å². The molecule has 1 aliphatic rings. The molecule has 2 aromatic rings. The highest BCUT2D eigenvalue weighted by atomic mass is 35.5. The number of nitrogens with two attached hydrogens (primary N) is 1. The third-order valence-electron chi connectivity index (χ3n) is 3.71. The molecule has 0 spiro atoms. The highest BCUT2D eigenvalue weighted by molar-refractivity contribution is 6.35. The maximum atomic E-state index is 6.16. The fourth-order valence-electron chi connectivity index (χ4n) is 2.58. The Morgan fingerprint density at radius 1 is 1.16 bits per heavy atom. The Bertz CT molecular complexity index is 579. The maximum absolute atomic E-state index is 6.16. The van der Waals surface area contributed by atoms with E-state index in [9.17, 15) is 0 Å². The van der Waals surface area contributed by atoms with E-state index >= 15 is 0 Å². The fourth-order valence-corrected chi connectivity index (χ4v) is 2.80. The number of hydrogen-bond donors (Lipinski definition) is 1. The van der Waals surface area contributed by atoms with Crippen LogP contribution in [0.4, 0.5) is 0 Å². The van der Waals surface area contributed by atoms with E-state index in [-0.39, 0.29) is 6.10 Å². The van der Waals surface area contributed by atoms with Crippen molar-refractivity contribution in [1.82, 2.24) is 4.98 Å². The second kappa shape index (κ2) is 5.35. The number of pyridine rings is 1. The molecule has 1 aliphatic carbocycles. The number of halogens is 1. The molecule has 0 amide bonds. The number of ether oxygens (including phenoxy) is 1. The lowest BCUT2D eigenvalue weighted by Gasteiger charge is -2.26. The van der Waals surface area contributed by atoms with Crippen molar-refractivity contribution < 1.29 is 4.74 Å². The van der Waals surface area contributed by atoms with Gasteiger partial charge in [0.2, 0.25) is 0 Å². The van der Waals surface area contributed by atoms with Crippen LogP contribution in [-0.4, -0.2) is 17.1 Å². The molecule has 0 radical (unpaired) electrons. The predicted octanol–water partition coefficient (Wildman–Crippen LogP) is 3.54. The van der Waals surface area contributed by atoms with Crippen LogP contribution in [0.15, 0.2) is 30.6 Å². The number of benzene rings is 1. The molecular formula is C15H17ClN2O. The summed E-state index contributed by atoms with van der Waals surface area (Å²) < 4.78 is 6.03. The highest BCUT2D eigenvalue weighted by Gasteiger charge is 2.19. The lowest BCUT2D eigenvalue weighted by molar-refractivity contribution is 0.147. The molecule has 3 rings (SSSR count). The molecule has 0 atom stereocenters. The molecule has 1 saturated carbocycles. The first-order chi connectivity index (χ1) is 9.22. The van der Waals surface area contributed by atoms with E-state index in [0.29, 0.717) is 11.1 Å². The first kappa shape index (κ1) is 12.7. The van der Waals surface area contributed by atoms with Crippen molar-refractivity contribution in [3.8, 4) is 5.75 Å². The SMILES string of the molecule is N[C@H]1CC[C@@H](Oc2ccc3cncc(Cl)c3c2)CC1. The number of nitrogens with zero attached hydrogens (tertiary/aromatic N) is 1. The van der Waals surface area contributed by atoms with Crippen LogP contribution in [0.3, 0.4) is 0 Å². The van der Waals surface area contributed by atoms with Gasteiger partial charge in [-0.1, -0.05) is 11.6 Å². The van der Waals surface area contributed by atoms with Crippen molar-refractivity contribution in [2.75, 3.05) is 0 Å². The summed E-state index contributed by atoms with van der Waals surface area (Å²) >= 11 is 6.16. The molecule has 19 heavy (non-hydrogen) atoms. The normalized spacial score (nSPS) is 23.5. The zero-order valence-corrected chi connectivity index (χ0v) is 11.4. The fraction of sp³-hybridized carbons (Fsp3) is 0.400. The molecule has 1 fully saturated rings. The lowest BCUT2D eigenvalue weighted by atomic mass is 9.94. The van der Waals surface area contributed by atoms with Gasteiger partial charge in [0, 0.05) is 29.2 Å². The Labute approximate surface area is 117 Å². The summed E-state index contributed by atoms with van der Waals surface area (Å²) in [6.45, 7) is 0. The van der Waals surface area contributed by atoms with Crippen LogP contribution < -0.4 is 10.5 Å². The van der Waals surface area contributed by atoms with Crippen LogP contribution in [-0.2, 0) is 0 Å². The minimum atomic E-state index is 0.276. The van der Waals surface area contributed by atoms with Crippen molar-refractivity contribution >= 4 is 22.4 Å². The van der Waals surface area contributed by atoms with Gasteiger partial charge in [-0.05, 0) is 43.9 Å². The second-order valence-electron chi connectivity index (χ2n) is 5.16. The zero-order chi connectivity index (χ0) is 13.2. The number of fused-ring (bicyclic) bond motifs is 1. The van der Waals surface area contributed by atoms with Crippen LogP contribution in [0.25, 0.3) is 10.8 Å². The van der Waals surface area contributed by atoms with Crippen molar-refractivity contribution in [2.45, 2.75) is 37.8 Å². The van der Waals surface area contributed by atoms with Gasteiger partial charge >= 0.3 is 0 Å². The molecule has 1 heterocycles. The number of hydrogen-bond acceptors (Lipinski definition) is 3. The summed E-state index contributed by atoms with van der Waals surface area (Å²) in [5.41, 5.74) is 5.90. The Morgan fingerprint density at radius 3 is 2.74 bits per heavy atom. The van der Waals surface area contributed by atoms with Gasteiger partial charge in [0.1, 0.15) is 5.75 Å². The minimum absolute atomic E-state index is 0.276. The van der Waals surface area contributed by atoms with Crippen molar-refractivity contribution in [3.05, 3.63) is 35.6 Å². The van der Waals surface area contributed by atoms with Crippen molar-refractivity contribution in [3.63, 3.8) is 0 Å². The van der Waals surface area contributed by atoms with Gasteiger partial charge in [-0.15, -0.1) is 0 Å². The molecule has 1 aromatic heterocycles. The second-order valence-corrected chi connectivity index (χ2v) is 5.57. The van der Waals surface area contributed by atoms with Crippen LogP contribution >= 0.6 is 11.6 Å². The molecule has 0 unspecified atom stereocenters.